The molecule has 1 fully saturated rings. The number of aliphatic hydroxyl groups excluding tert-OH is 1. The third-order valence-electron chi connectivity index (χ3n) is 6.48. The van der Waals surface area contributed by atoms with Gasteiger partial charge in [-0.25, -0.2) is 9.37 Å². The number of anilines is 1. The van der Waals surface area contributed by atoms with E-state index in [1.54, 1.807) is 47.9 Å². The first kappa shape index (κ1) is 26.2. The molecule has 1 N–H and O–H groups in total. The van der Waals surface area contributed by atoms with Crippen LogP contribution in [0.25, 0.3) is 11.4 Å². The summed E-state index contributed by atoms with van der Waals surface area (Å²) in [5.74, 6) is -2.49. The van der Waals surface area contributed by atoms with Crippen molar-refractivity contribution in [2.45, 2.75) is 23.1 Å². The first-order chi connectivity index (χ1) is 19.3. The number of halogens is 2. The molecule has 0 radical (unpaired) electrons. The molecule has 1 aliphatic rings. The van der Waals surface area contributed by atoms with E-state index in [-0.39, 0.29) is 22.0 Å². The Hall–Kier alpha value is -4.06. The van der Waals surface area contributed by atoms with Gasteiger partial charge in [0.1, 0.15) is 23.2 Å². The van der Waals surface area contributed by atoms with Crippen LogP contribution < -0.4 is 4.90 Å². The lowest BCUT2D eigenvalue weighted by molar-refractivity contribution is -0.132. The summed E-state index contributed by atoms with van der Waals surface area (Å²) in [6.45, 7) is 1.68. The first-order valence-corrected chi connectivity index (χ1v) is 14.2. The Labute approximate surface area is 240 Å². The van der Waals surface area contributed by atoms with Gasteiger partial charge in [0.25, 0.3) is 5.78 Å². The number of imidazole rings is 1. The fourth-order valence-electron chi connectivity index (χ4n) is 4.66. The van der Waals surface area contributed by atoms with Crippen LogP contribution in [0.5, 0.6) is 0 Å². The van der Waals surface area contributed by atoms with Crippen molar-refractivity contribution >= 4 is 62.9 Å². The first-order valence-electron chi connectivity index (χ1n) is 12.0. The molecule has 8 nitrogen and oxygen atoms in total. The largest absolute Gasteiger partial charge is 0.505 e. The van der Waals surface area contributed by atoms with Gasteiger partial charge in [-0.05, 0) is 36.8 Å². The molecule has 1 unspecified atom stereocenters. The van der Waals surface area contributed by atoms with Gasteiger partial charge in [0.15, 0.2) is 10.1 Å². The molecule has 0 bridgehead atoms. The van der Waals surface area contributed by atoms with Gasteiger partial charge in [0.2, 0.25) is 5.13 Å². The molecular formula is C28H19ClFN5O3S2. The molecule has 1 amide bonds. The zero-order valence-corrected chi connectivity index (χ0v) is 23.2. The topological polar surface area (TPSA) is 101 Å². The molecule has 40 heavy (non-hydrogen) atoms. The van der Waals surface area contributed by atoms with Crippen LogP contribution >= 0.6 is 34.7 Å². The molecule has 200 valence electrons. The van der Waals surface area contributed by atoms with Crippen LogP contribution in [0.3, 0.4) is 0 Å². The monoisotopic (exact) mass is 591 g/mol. The highest BCUT2D eigenvalue weighted by Gasteiger charge is 2.49. The average molecular weight is 592 g/mol. The van der Waals surface area contributed by atoms with Gasteiger partial charge in [-0.2, -0.15) is 0 Å². The van der Waals surface area contributed by atoms with Crippen LogP contribution in [0.2, 0.25) is 5.02 Å². The van der Waals surface area contributed by atoms with Crippen LogP contribution in [0.15, 0.2) is 82.8 Å². The Balaban J connectivity index is 1.45. The maximum absolute atomic E-state index is 15.2. The predicted octanol–water partition coefficient (Wildman–Crippen LogP) is 6.21. The number of Topliss-reactive ketones (excluding diaryl/α,β-unsaturated/α-hetero) is 1. The molecule has 12 heteroatoms. The number of carbonyl (C=O) groups excluding carboxylic acids is 2. The number of nitrogens with zero attached hydrogens (tertiary/aromatic N) is 5. The Morgan fingerprint density at radius 3 is 2.62 bits per heavy atom. The normalized spacial score (nSPS) is 16.8. The van der Waals surface area contributed by atoms with Crippen LogP contribution in [0, 0.1) is 12.7 Å². The van der Waals surface area contributed by atoms with Gasteiger partial charge in [-0.15, -0.1) is 10.2 Å². The number of aliphatic hydroxyl groups is 1. The third-order valence-corrected chi connectivity index (χ3v) is 8.96. The number of rotatable bonds is 6. The highest BCUT2D eigenvalue weighted by atomic mass is 35.5. The van der Waals surface area contributed by atoms with Crippen LogP contribution in [0.4, 0.5) is 9.52 Å². The summed E-state index contributed by atoms with van der Waals surface area (Å²) in [5.41, 5.74) is 1.91. The molecule has 6 rings (SSSR count). The number of pyridine rings is 1. The maximum Gasteiger partial charge on any atom is 0.301 e. The summed E-state index contributed by atoms with van der Waals surface area (Å²) in [6.07, 6.45) is 1.69. The fraction of sp³-hybridized carbons (Fsp3) is 0.107. The number of aromatic nitrogens is 4. The van der Waals surface area contributed by atoms with Crippen molar-refractivity contribution in [3.63, 3.8) is 0 Å². The number of thioether (sulfide) groups is 1. The second-order valence-electron chi connectivity index (χ2n) is 8.90. The number of hydrogen-bond donors (Lipinski definition) is 1. The highest BCUT2D eigenvalue weighted by Crippen LogP contribution is 2.45. The van der Waals surface area contributed by atoms with Crippen molar-refractivity contribution in [1.29, 1.82) is 0 Å². The lowest BCUT2D eigenvalue weighted by Gasteiger charge is -2.22. The second-order valence-corrected chi connectivity index (χ2v) is 11.5. The average Bonchev–Trinajstić information content (AvgIpc) is 3.62. The zero-order chi connectivity index (χ0) is 28.0. The molecule has 2 aromatic carbocycles. The Morgan fingerprint density at radius 1 is 1.07 bits per heavy atom. The SMILES string of the molecule is Cc1nc2ccccn2c1C(O)=C1C(=O)C(=O)N(c2nnc(SCc3ccccc3Cl)s2)C1c1ccccc1F. The standard InChI is InChI=1S/C28H19ClFN5O3S2/c1-15-22(34-13-7-6-12-20(34)31-15)24(36)21-23(17-9-3-5-11-19(17)30)35(26(38)25(21)37)27-32-33-28(40-27)39-14-16-8-2-4-10-18(16)29/h2-13,23,36H,14H2,1H3. The minimum absolute atomic E-state index is 0.0372. The molecular weight excluding hydrogens is 573 g/mol. The maximum atomic E-state index is 15.2. The minimum atomic E-state index is -1.27. The van der Waals surface area contributed by atoms with Crippen LogP contribution in [0.1, 0.15) is 28.6 Å². The molecule has 1 atom stereocenters. The van der Waals surface area contributed by atoms with Gasteiger partial charge in [0, 0.05) is 22.5 Å². The number of amides is 1. The zero-order valence-electron chi connectivity index (χ0n) is 20.8. The summed E-state index contributed by atoms with van der Waals surface area (Å²) < 4.78 is 17.4. The summed E-state index contributed by atoms with van der Waals surface area (Å²) in [6, 6.07) is 17.3. The smallest absolute Gasteiger partial charge is 0.301 e. The fourth-order valence-corrected chi connectivity index (χ4v) is 6.81. The number of fused-ring (bicyclic) bond motifs is 1. The van der Waals surface area contributed by atoms with Crippen molar-refractivity contribution in [2.75, 3.05) is 4.90 Å². The number of ketones is 1. The van der Waals surface area contributed by atoms with Crippen molar-refractivity contribution in [3.8, 4) is 0 Å². The van der Waals surface area contributed by atoms with Crippen molar-refractivity contribution < 1.29 is 19.1 Å². The molecule has 4 heterocycles. The third kappa shape index (κ3) is 4.45. The lowest BCUT2D eigenvalue weighted by Crippen LogP contribution is -2.29. The van der Waals surface area contributed by atoms with Crippen molar-refractivity contribution in [3.05, 3.63) is 112 Å². The van der Waals surface area contributed by atoms with Gasteiger partial charge < -0.3 is 5.11 Å². The van der Waals surface area contributed by atoms with E-state index in [4.69, 9.17) is 11.6 Å². The van der Waals surface area contributed by atoms with E-state index >= 15 is 4.39 Å². The highest BCUT2D eigenvalue weighted by molar-refractivity contribution is 8.00. The van der Waals surface area contributed by atoms with Gasteiger partial charge in [-0.3, -0.25) is 18.9 Å². The molecule has 1 saturated heterocycles. The number of hydrogen-bond acceptors (Lipinski definition) is 8. The Morgan fingerprint density at radius 2 is 1.82 bits per heavy atom. The minimum Gasteiger partial charge on any atom is -0.505 e. The van der Waals surface area contributed by atoms with E-state index in [9.17, 15) is 14.7 Å². The van der Waals surface area contributed by atoms with E-state index in [1.807, 2.05) is 18.2 Å². The van der Waals surface area contributed by atoms with Crippen LogP contribution in [-0.4, -0.2) is 36.4 Å². The van der Waals surface area contributed by atoms with E-state index in [0.29, 0.717) is 26.5 Å². The predicted molar refractivity (Wildman–Crippen MR) is 152 cm³/mol. The van der Waals surface area contributed by atoms with Gasteiger partial charge >= 0.3 is 5.91 Å². The molecule has 0 aliphatic carbocycles. The molecule has 5 aromatic rings. The van der Waals surface area contributed by atoms with E-state index in [2.05, 4.69) is 15.2 Å². The summed E-state index contributed by atoms with van der Waals surface area (Å²) in [5, 5.41) is 20.6. The van der Waals surface area contributed by atoms with Crippen molar-refractivity contribution in [1.82, 2.24) is 19.6 Å². The quantitative estimate of drug-likeness (QED) is 0.0824. The Bertz CT molecular complexity index is 1840. The second kappa shape index (κ2) is 10.5. The van der Waals surface area contributed by atoms with Gasteiger partial charge in [0.05, 0.1) is 11.3 Å². The Kier molecular flexibility index (Phi) is 6.87. The van der Waals surface area contributed by atoms with E-state index in [0.717, 1.165) is 21.8 Å². The number of benzene rings is 2. The number of carbonyl (C=O) groups is 2. The summed E-state index contributed by atoms with van der Waals surface area (Å²) >= 11 is 8.72. The van der Waals surface area contributed by atoms with Gasteiger partial charge in [-0.1, -0.05) is 77.2 Å². The summed E-state index contributed by atoms with van der Waals surface area (Å²) in [4.78, 5) is 32.5. The molecule has 0 spiro atoms. The van der Waals surface area contributed by atoms with E-state index < -0.39 is 29.3 Å². The van der Waals surface area contributed by atoms with E-state index in [1.165, 1.54) is 30.0 Å². The number of aryl methyl sites for hydroxylation is 1. The molecule has 1 aliphatic heterocycles. The molecule has 0 saturated carbocycles. The van der Waals surface area contributed by atoms with Crippen molar-refractivity contribution in [2.24, 2.45) is 0 Å². The molecule has 3 aromatic heterocycles. The van der Waals surface area contributed by atoms with Crippen LogP contribution in [-0.2, 0) is 15.3 Å². The summed E-state index contributed by atoms with van der Waals surface area (Å²) in [7, 11) is 0. The lowest BCUT2D eigenvalue weighted by atomic mass is 9.96.